The standard InChI is InChI=1S/C15H16N6/c1-11(20-15-9-14(16)17-10-18-15)12-4-2-5-13(8-12)21-7-3-6-19-21/h2-11H,1H3,(H3,16,17,18,20). The van der Waals surface area contributed by atoms with Gasteiger partial charge < -0.3 is 11.1 Å². The van der Waals surface area contributed by atoms with Crippen LogP contribution >= 0.6 is 0 Å². The van der Waals surface area contributed by atoms with Gasteiger partial charge in [0.1, 0.15) is 18.0 Å². The Morgan fingerprint density at radius 3 is 2.86 bits per heavy atom. The van der Waals surface area contributed by atoms with E-state index in [1.54, 1.807) is 12.3 Å². The lowest BCUT2D eigenvalue weighted by Crippen LogP contribution is -2.09. The summed E-state index contributed by atoms with van der Waals surface area (Å²) in [5.74, 6) is 1.16. The first-order valence-corrected chi connectivity index (χ1v) is 6.66. The maximum Gasteiger partial charge on any atom is 0.131 e. The second-order valence-electron chi connectivity index (χ2n) is 4.74. The number of nitrogens with zero attached hydrogens (tertiary/aromatic N) is 4. The zero-order valence-corrected chi connectivity index (χ0v) is 11.6. The van der Waals surface area contributed by atoms with Gasteiger partial charge in [-0.15, -0.1) is 0 Å². The SMILES string of the molecule is CC(Nc1cc(N)ncn1)c1cccc(-n2cccn2)c1. The van der Waals surface area contributed by atoms with Crippen LogP contribution in [-0.2, 0) is 0 Å². The summed E-state index contributed by atoms with van der Waals surface area (Å²) < 4.78 is 1.83. The monoisotopic (exact) mass is 280 g/mol. The number of benzene rings is 1. The molecule has 0 aliphatic carbocycles. The maximum atomic E-state index is 5.66. The van der Waals surface area contributed by atoms with E-state index in [0.29, 0.717) is 11.6 Å². The maximum absolute atomic E-state index is 5.66. The van der Waals surface area contributed by atoms with Gasteiger partial charge in [0.05, 0.1) is 11.7 Å². The number of aromatic nitrogens is 4. The van der Waals surface area contributed by atoms with Crippen LogP contribution in [-0.4, -0.2) is 19.7 Å². The number of hydrogen-bond donors (Lipinski definition) is 2. The van der Waals surface area contributed by atoms with Crippen molar-refractivity contribution in [2.45, 2.75) is 13.0 Å². The van der Waals surface area contributed by atoms with Crippen molar-refractivity contribution < 1.29 is 0 Å². The molecule has 6 heteroatoms. The number of anilines is 2. The van der Waals surface area contributed by atoms with Gasteiger partial charge in [-0.3, -0.25) is 0 Å². The summed E-state index contributed by atoms with van der Waals surface area (Å²) in [6, 6.07) is 11.9. The lowest BCUT2D eigenvalue weighted by Gasteiger charge is -2.16. The third kappa shape index (κ3) is 3.00. The fraction of sp³-hybridized carbons (Fsp3) is 0.133. The predicted molar refractivity (Wildman–Crippen MR) is 82.0 cm³/mol. The molecule has 21 heavy (non-hydrogen) atoms. The fourth-order valence-corrected chi connectivity index (χ4v) is 2.11. The lowest BCUT2D eigenvalue weighted by molar-refractivity contribution is 0.849. The Morgan fingerprint density at radius 2 is 2.10 bits per heavy atom. The van der Waals surface area contributed by atoms with Gasteiger partial charge in [-0.25, -0.2) is 14.6 Å². The number of hydrogen-bond acceptors (Lipinski definition) is 5. The molecule has 1 atom stereocenters. The van der Waals surface area contributed by atoms with Crippen LogP contribution in [0.1, 0.15) is 18.5 Å². The van der Waals surface area contributed by atoms with Crippen molar-refractivity contribution in [1.82, 2.24) is 19.7 Å². The first-order valence-electron chi connectivity index (χ1n) is 6.66. The number of nitrogens with two attached hydrogens (primary N) is 1. The highest BCUT2D eigenvalue weighted by Crippen LogP contribution is 2.20. The average Bonchev–Trinajstić information content (AvgIpc) is 3.02. The van der Waals surface area contributed by atoms with E-state index in [1.807, 2.05) is 29.1 Å². The van der Waals surface area contributed by atoms with Gasteiger partial charge in [0, 0.05) is 18.5 Å². The Bertz CT molecular complexity index is 723. The molecular weight excluding hydrogens is 264 g/mol. The quantitative estimate of drug-likeness (QED) is 0.767. The van der Waals surface area contributed by atoms with Gasteiger partial charge in [0.15, 0.2) is 0 Å². The molecule has 0 aliphatic rings. The van der Waals surface area contributed by atoms with Crippen LogP contribution in [0.15, 0.2) is 55.1 Å². The highest BCUT2D eigenvalue weighted by atomic mass is 15.3. The largest absolute Gasteiger partial charge is 0.384 e. The smallest absolute Gasteiger partial charge is 0.131 e. The normalized spacial score (nSPS) is 12.0. The molecule has 1 unspecified atom stereocenters. The zero-order valence-electron chi connectivity index (χ0n) is 11.6. The van der Waals surface area contributed by atoms with Gasteiger partial charge in [-0.1, -0.05) is 12.1 Å². The van der Waals surface area contributed by atoms with Crippen molar-refractivity contribution in [3.63, 3.8) is 0 Å². The molecule has 0 bridgehead atoms. The molecule has 3 aromatic rings. The van der Waals surface area contributed by atoms with E-state index in [1.165, 1.54) is 6.33 Å². The van der Waals surface area contributed by atoms with Crippen LogP contribution in [0.3, 0.4) is 0 Å². The van der Waals surface area contributed by atoms with Crippen LogP contribution in [0.5, 0.6) is 0 Å². The van der Waals surface area contributed by atoms with E-state index in [4.69, 9.17) is 5.73 Å². The van der Waals surface area contributed by atoms with E-state index >= 15 is 0 Å². The molecule has 0 fully saturated rings. The first-order chi connectivity index (χ1) is 10.2. The first kappa shape index (κ1) is 13.1. The minimum absolute atomic E-state index is 0.0924. The van der Waals surface area contributed by atoms with Crippen molar-refractivity contribution in [3.05, 3.63) is 60.7 Å². The molecule has 0 radical (unpaired) electrons. The fourth-order valence-electron chi connectivity index (χ4n) is 2.11. The van der Waals surface area contributed by atoms with Crippen molar-refractivity contribution in [1.29, 1.82) is 0 Å². The van der Waals surface area contributed by atoms with Crippen molar-refractivity contribution in [2.24, 2.45) is 0 Å². The summed E-state index contributed by atoms with van der Waals surface area (Å²) in [5.41, 5.74) is 7.82. The van der Waals surface area contributed by atoms with E-state index in [0.717, 1.165) is 11.3 Å². The van der Waals surface area contributed by atoms with E-state index in [-0.39, 0.29) is 6.04 Å². The second kappa shape index (κ2) is 5.62. The van der Waals surface area contributed by atoms with Crippen LogP contribution in [0, 0.1) is 0 Å². The summed E-state index contributed by atoms with van der Waals surface area (Å²) in [4.78, 5) is 8.04. The Balaban J connectivity index is 1.81. The molecule has 0 saturated heterocycles. The molecule has 3 N–H and O–H groups in total. The molecule has 0 saturated carbocycles. The summed E-state index contributed by atoms with van der Waals surface area (Å²) in [6.45, 7) is 2.07. The molecule has 1 aromatic carbocycles. The molecule has 2 aromatic heterocycles. The van der Waals surface area contributed by atoms with Crippen molar-refractivity contribution in [2.75, 3.05) is 11.1 Å². The Morgan fingerprint density at radius 1 is 1.19 bits per heavy atom. The van der Waals surface area contributed by atoms with Gasteiger partial charge in [0.2, 0.25) is 0 Å². The van der Waals surface area contributed by atoms with Gasteiger partial charge in [-0.05, 0) is 30.7 Å². The number of rotatable bonds is 4. The van der Waals surface area contributed by atoms with E-state index in [2.05, 4.69) is 39.4 Å². The lowest BCUT2D eigenvalue weighted by atomic mass is 10.1. The Kier molecular flexibility index (Phi) is 3.51. The third-order valence-corrected chi connectivity index (χ3v) is 3.19. The van der Waals surface area contributed by atoms with Gasteiger partial charge in [-0.2, -0.15) is 5.10 Å². The van der Waals surface area contributed by atoms with Gasteiger partial charge >= 0.3 is 0 Å². The molecule has 0 aliphatic heterocycles. The third-order valence-electron chi connectivity index (χ3n) is 3.19. The molecule has 3 rings (SSSR count). The molecular formula is C15H16N6. The molecule has 0 spiro atoms. The Labute approximate surface area is 122 Å². The van der Waals surface area contributed by atoms with Gasteiger partial charge in [0.25, 0.3) is 0 Å². The summed E-state index contributed by atoms with van der Waals surface area (Å²) in [5, 5.41) is 7.55. The number of nitrogen functional groups attached to an aromatic ring is 1. The number of nitrogens with one attached hydrogen (secondary N) is 1. The summed E-state index contributed by atoms with van der Waals surface area (Å²) >= 11 is 0. The average molecular weight is 280 g/mol. The zero-order chi connectivity index (χ0) is 14.7. The van der Waals surface area contributed by atoms with Crippen molar-refractivity contribution in [3.8, 4) is 5.69 Å². The van der Waals surface area contributed by atoms with E-state index < -0.39 is 0 Å². The topological polar surface area (TPSA) is 81.6 Å². The van der Waals surface area contributed by atoms with Crippen LogP contribution < -0.4 is 11.1 Å². The predicted octanol–water partition coefficient (Wildman–Crippen LogP) is 2.42. The minimum atomic E-state index is 0.0924. The highest BCUT2D eigenvalue weighted by molar-refractivity contribution is 5.46. The minimum Gasteiger partial charge on any atom is -0.384 e. The molecule has 6 nitrogen and oxygen atoms in total. The second-order valence-corrected chi connectivity index (χ2v) is 4.74. The molecule has 0 amide bonds. The molecule has 106 valence electrons. The van der Waals surface area contributed by atoms with Crippen LogP contribution in [0.2, 0.25) is 0 Å². The van der Waals surface area contributed by atoms with E-state index in [9.17, 15) is 0 Å². The van der Waals surface area contributed by atoms with Crippen LogP contribution in [0.4, 0.5) is 11.6 Å². The molecule has 2 heterocycles. The Hall–Kier alpha value is -2.89. The van der Waals surface area contributed by atoms with Crippen molar-refractivity contribution >= 4 is 11.6 Å². The highest BCUT2D eigenvalue weighted by Gasteiger charge is 2.08. The van der Waals surface area contributed by atoms with Crippen LogP contribution in [0.25, 0.3) is 5.69 Å². The summed E-state index contributed by atoms with van der Waals surface area (Å²) in [6.07, 6.45) is 5.13. The summed E-state index contributed by atoms with van der Waals surface area (Å²) in [7, 11) is 0.